The fourth-order valence-electron chi connectivity index (χ4n) is 2.30. The van der Waals surface area contributed by atoms with E-state index in [1.54, 1.807) is 7.11 Å². The molecule has 1 N–H and O–H groups in total. The Balaban J connectivity index is 2.32. The van der Waals surface area contributed by atoms with E-state index in [9.17, 15) is 4.79 Å². The van der Waals surface area contributed by atoms with Crippen LogP contribution in [0.3, 0.4) is 0 Å². The van der Waals surface area contributed by atoms with Crippen LogP contribution < -0.4 is 0 Å². The van der Waals surface area contributed by atoms with Crippen molar-refractivity contribution in [2.45, 2.75) is 45.1 Å². The number of methoxy groups -OCH3 is 1. The molecule has 0 aromatic carbocycles. The number of rotatable bonds is 6. The molecule has 0 amide bonds. The monoisotopic (exact) mass is 243 g/mol. The number of nitrogens with zero attached hydrogens (tertiary/aromatic N) is 1. The molecule has 0 saturated carbocycles. The molecule has 17 heavy (non-hydrogen) atoms. The summed E-state index contributed by atoms with van der Waals surface area (Å²) in [6, 6.07) is 0. The summed E-state index contributed by atoms with van der Waals surface area (Å²) in [6.07, 6.45) is 3.47. The molecule has 100 valence electrons. The van der Waals surface area contributed by atoms with E-state index in [2.05, 4.69) is 18.7 Å². The molecule has 4 heteroatoms. The van der Waals surface area contributed by atoms with Crippen LogP contribution in [0.4, 0.5) is 0 Å². The van der Waals surface area contributed by atoms with E-state index >= 15 is 0 Å². The van der Waals surface area contributed by atoms with E-state index in [-0.39, 0.29) is 5.60 Å². The van der Waals surface area contributed by atoms with Crippen LogP contribution in [-0.2, 0) is 9.53 Å². The van der Waals surface area contributed by atoms with Gasteiger partial charge in [0.05, 0.1) is 5.60 Å². The Morgan fingerprint density at radius 3 is 2.82 bits per heavy atom. The Labute approximate surface area is 104 Å². The van der Waals surface area contributed by atoms with Crippen molar-refractivity contribution in [3.63, 3.8) is 0 Å². The molecular weight excluding hydrogens is 218 g/mol. The number of hydrogen-bond acceptors (Lipinski definition) is 3. The van der Waals surface area contributed by atoms with Crippen LogP contribution in [-0.4, -0.2) is 48.3 Å². The maximum Gasteiger partial charge on any atom is 0.303 e. The molecule has 1 saturated heterocycles. The van der Waals surface area contributed by atoms with Crippen LogP contribution in [0, 0.1) is 5.92 Å². The second-order valence-electron chi connectivity index (χ2n) is 5.62. The van der Waals surface area contributed by atoms with E-state index < -0.39 is 5.97 Å². The Bertz CT molecular complexity index is 253. The first-order valence-corrected chi connectivity index (χ1v) is 6.42. The van der Waals surface area contributed by atoms with Crippen LogP contribution >= 0.6 is 0 Å². The molecule has 1 aliphatic rings. The molecule has 4 nitrogen and oxygen atoms in total. The number of hydrogen-bond donors (Lipinski definition) is 1. The highest BCUT2D eigenvalue weighted by Crippen LogP contribution is 2.21. The first-order valence-electron chi connectivity index (χ1n) is 6.42. The highest BCUT2D eigenvalue weighted by atomic mass is 16.5. The quantitative estimate of drug-likeness (QED) is 0.775. The van der Waals surface area contributed by atoms with Gasteiger partial charge in [-0.15, -0.1) is 0 Å². The van der Waals surface area contributed by atoms with Crippen molar-refractivity contribution in [1.82, 2.24) is 4.90 Å². The summed E-state index contributed by atoms with van der Waals surface area (Å²) < 4.78 is 5.40. The molecule has 1 unspecified atom stereocenters. The topological polar surface area (TPSA) is 49.8 Å². The van der Waals surface area contributed by atoms with Gasteiger partial charge >= 0.3 is 5.97 Å². The molecule has 0 bridgehead atoms. The van der Waals surface area contributed by atoms with Gasteiger partial charge in [0.1, 0.15) is 0 Å². The summed E-state index contributed by atoms with van der Waals surface area (Å²) in [5.74, 6) is -0.346. The minimum atomic E-state index is -0.672. The van der Waals surface area contributed by atoms with Crippen molar-refractivity contribution in [2.75, 3.05) is 26.7 Å². The van der Waals surface area contributed by atoms with Gasteiger partial charge in [0.25, 0.3) is 0 Å². The van der Waals surface area contributed by atoms with Gasteiger partial charge in [-0.2, -0.15) is 0 Å². The number of carboxylic acids is 1. The lowest BCUT2D eigenvalue weighted by Gasteiger charge is -2.34. The van der Waals surface area contributed by atoms with Gasteiger partial charge in [0.2, 0.25) is 0 Å². The van der Waals surface area contributed by atoms with E-state index in [1.807, 2.05) is 0 Å². The molecular formula is C13H25NO3. The Morgan fingerprint density at radius 2 is 2.24 bits per heavy atom. The fourth-order valence-corrected chi connectivity index (χ4v) is 2.30. The predicted octanol–water partition coefficient (Wildman–Crippen LogP) is 1.99. The Kier molecular flexibility index (Phi) is 5.40. The average Bonchev–Trinajstić information content (AvgIpc) is 2.26. The molecule has 1 aliphatic heterocycles. The molecule has 0 aromatic heterocycles. The minimum Gasteiger partial charge on any atom is -0.481 e. The zero-order valence-corrected chi connectivity index (χ0v) is 11.2. The van der Waals surface area contributed by atoms with Gasteiger partial charge in [-0.1, -0.05) is 0 Å². The van der Waals surface area contributed by atoms with Crippen LogP contribution in [0.2, 0.25) is 0 Å². The largest absolute Gasteiger partial charge is 0.481 e. The number of piperidine rings is 1. The third-order valence-corrected chi connectivity index (χ3v) is 3.65. The number of carboxylic acid groups (broad SMARTS) is 1. The van der Waals surface area contributed by atoms with Gasteiger partial charge in [-0.3, -0.25) is 4.79 Å². The summed E-state index contributed by atoms with van der Waals surface area (Å²) in [5.41, 5.74) is -0.0836. The highest BCUT2D eigenvalue weighted by molar-refractivity contribution is 5.67. The fraction of sp³-hybridized carbons (Fsp3) is 0.923. The SMILES string of the molecule is COC(C)(C)CCN1CCCC(CC(=O)O)C1. The van der Waals surface area contributed by atoms with Gasteiger partial charge < -0.3 is 14.7 Å². The van der Waals surface area contributed by atoms with E-state index in [0.29, 0.717) is 12.3 Å². The van der Waals surface area contributed by atoms with Gasteiger partial charge in [-0.05, 0) is 45.6 Å². The molecule has 0 aromatic rings. The molecule has 0 spiro atoms. The summed E-state index contributed by atoms with van der Waals surface area (Å²) >= 11 is 0. The minimum absolute atomic E-state index is 0.0836. The van der Waals surface area contributed by atoms with E-state index in [0.717, 1.165) is 38.9 Å². The number of aliphatic carboxylic acids is 1. The van der Waals surface area contributed by atoms with Crippen LogP contribution in [0.25, 0.3) is 0 Å². The van der Waals surface area contributed by atoms with Gasteiger partial charge in [0.15, 0.2) is 0 Å². The number of carbonyl (C=O) groups is 1. The summed E-state index contributed by atoms with van der Waals surface area (Å²) in [7, 11) is 1.74. The molecule has 1 atom stereocenters. The zero-order chi connectivity index (χ0) is 12.9. The number of ether oxygens (including phenoxy) is 1. The third-order valence-electron chi connectivity index (χ3n) is 3.65. The lowest BCUT2D eigenvalue weighted by atomic mass is 9.94. The molecule has 0 radical (unpaired) electrons. The van der Waals surface area contributed by atoms with Crippen molar-refractivity contribution in [2.24, 2.45) is 5.92 Å². The lowest BCUT2D eigenvalue weighted by molar-refractivity contribution is -0.138. The molecule has 1 heterocycles. The van der Waals surface area contributed by atoms with Crippen molar-refractivity contribution in [3.8, 4) is 0 Å². The summed E-state index contributed by atoms with van der Waals surface area (Å²) in [4.78, 5) is 13.1. The normalized spacial score (nSPS) is 22.6. The molecule has 1 rings (SSSR count). The van der Waals surface area contributed by atoms with E-state index in [4.69, 9.17) is 9.84 Å². The van der Waals surface area contributed by atoms with Crippen molar-refractivity contribution in [1.29, 1.82) is 0 Å². The number of likely N-dealkylation sites (tertiary alicyclic amines) is 1. The smallest absolute Gasteiger partial charge is 0.303 e. The first-order chi connectivity index (χ1) is 7.93. The van der Waals surface area contributed by atoms with Crippen molar-refractivity contribution < 1.29 is 14.6 Å². The van der Waals surface area contributed by atoms with Crippen molar-refractivity contribution >= 4 is 5.97 Å². The standard InChI is InChI=1S/C13H25NO3/c1-13(2,17-3)6-8-14-7-4-5-11(10-14)9-12(15)16/h11H,4-10H2,1-3H3,(H,15,16). The predicted molar refractivity (Wildman–Crippen MR) is 67.1 cm³/mol. The van der Waals surface area contributed by atoms with Gasteiger partial charge in [0, 0.05) is 26.6 Å². The summed E-state index contributed by atoms with van der Waals surface area (Å²) in [5, 5.41) is 8.81. The summed E-state index contributed by atoms with van der Waals surface area (Å²) in [6.45, 7) is 7.19. The van der Waals surface area contributed by atoms with Crippen LogP contribution in [0.1, 0.15) is 39.5 Å². The second-order valence-corrected chi connectivity index (χ2v) is 5.62. The second kappa shape index (κ2) is 6.36. The van der Waals surface area contributed by atoms with Crippen molar-refractivity contribution in [3.05, 3.63) is 0 Å². The Hall–Kier alpha value is -0.610. The first kappa shape index (κ1) is 14.5. The lowest BCUT2D eigenvalue weighted by Crippen LogP contribution is -2.39. The Morgan fingerprint density at radius 1 is 1.53 bits per heavy atom. The highest BCUT2D eigenvalue weighted by Gasteiger charge is 2.24. The maximum atomic E-state index is 10.7. The molecule has 1 fully saturated rings. The third kappa shape index (κ3) is 5.50. The average molecular weight is 243 g/mol. The molecule has 0 aliphatic carbocycles. The van der Waals surface area contributed by atoms with E-state index in [1.165, 1.54) is 0 Å². The van der Waals surface area contributed by atoms with Crippen LogP contribution in [0.15, 0.2) is 0 Å². The van der Waals surface area contributed by atoms with Crippen LogP contribution in [0.5, 0.6) is 0 Å². The zero-order valence-electron chi connectivity index (χ0n) is 11.2. The maximum absolute atomic E-state index is 10.7. The van der Waals surface area contributed by atoms with Gasteiger partial charge in [-0.25, -0.2) is 0 Å².